The van der Waals surface area contributed by atoms with Gasteiger partial charge in [-0.3, -0.25) is 9.59 Å². The van der Waals surface area contributed by atoms with Gasteiger partial charge in [0.15, 0.2) is 0 Å². The summed E-state index contributed by atoms with van der Waals surface area (Å²) in [6.45, 7) is 3.72. The summed E-state index contributed by atoms with van der Waals surface area (Å²) in [5, 5.41) is 8.83. The van der Waals surface area contributed by atoms with Gasteiger partial charge in [0.1, 0.15) is 0 Å². The van der Waals surface area contributed by atoms with Crippen molar-refractivity contribution in [2.45, 2.75) is 32.7 Å². The van der Waals surface area contributed by atoms with Crippen molar-refractivity contribution in [2.24, 2.45) is 5.92 Å². The predicted octanol–water partition coefficient (Wildman–Crippen LogP) is 1.65. The third kappa shape index (κ3) is 5.55. The molecule has 0 aromatic heterocycles. The summed E-state index contributed by atoms with van der Waals surface area (Å²) >= 11 is 0. The highest BCUT2D eigenvalue weighted by Gasteiger charge is 2.29. The first-order chi connectivity index (χ1) is 10.2. The first-order valence-electron chi connectivity index (χ1n) is 7.56. The summed E-state index contributed by atoms with van der Waals surface area (Å²) < 4.78 is 0. The second kappa shape index (κ2) is 7.78. The summed E-state index contributed by atoms with van der Waals surface area (Å²) in [7, 11) is 0. The molecule has 1 aromatic rings. The van der Waals surface area contributed by atoms with Crippen LogP contribution in [0.25, 0.3) is 0 Å². The summed E-state index contributed by atoms with van der Waals surface area (Å²) in [6, 6.07) is 7.60. The van der Waals surface area contributed by atoms with Gasteiger partial charge in [0.2, 0.25) is 11.8 Å². The Balaban J connectivity index is 1.77. The van der Waals surface area contributed by atoms with Crippen LogP contribution < -0.4 is 16.0 Å². The van der Waals surface area contributed by atoms with E-state index in [0.29, 0.717) is 13.1 Å². The van der Waals surface area contributed by atoms with E-state index in [9.17, 15) is 9.59 Å². The molecule has 5 nitrogen and oxygen atoms in total. The molecule has 0 radical (unpaired) electrons. The average molecular weight is 289 g/mol. The fraction of sp³-hybridized carbons (Fsp3) is 0.500. The van der Waals surface area contributed by atoms with Gasteiger partial charge in [-0.2, -0.15) is 0 Å². The minimum atomic E-state index is -0.0177. The van der Waals surface area contributed by atoms with Crippen LogP contribution in [-0.2, 0) is 16.1 Å². The molecule has 0 aliphatic heterocycles. The average Bonchev–Trinajstić information content (AvgIpc) is 3.30. The van der Waals surface area contributed by atoms with Gasteiger partial charge in [-0.15, -0.1) is 0 Å². The second-order valence-corrected chi connectivity index (χ2v) is 5.42. The van der Waals surface area contributed by atoms with Crippen LogP contribution >= 0.6 is 0 Å². The Morgan fingerprint density at radius 2 is 2.10 bits per heavy atom. The van der Waals surface area contributed by atoms with E-state index in [0.717, 1.165) is 37.1 Å². The van der Waals surface area contributed by atoms with E-state index >= 15 is 0 Å². The largest absolute Gasteiger partial charge is 0.351 e. The van der Waals surface area contributed by atoms with Gasteiger partial charge >= 0.3 is 0 Å². The van der Waals surface area contributed by atoms with Gasteiger partial charge in [0.05, 0.1) is 6.54 Å². The monoisotopic (exact) mass is 289 g/mol. The fourth-order valence-electron chi connectivity index (χ4n) is 1.99. The molecule has 0 heterocycles. The lowest BCUT2D eigenvalue weighted by molar-refractivity contribution is -0.120. The number of carbonyl (C=O) groups excluding carboxylic acids is 2. The number of anilines is 1. The van der Waals surface area contributed by atoms with Gasteiger partial charge in [-0.1, -0.05) is 19.1 Å². The molecule has 1 aliphatic rings. The van der Waals surface area contributed by atoms with Gasteiger partial charge in [-0.05, 0) is 43.5 Å². The molecule has 1 fully saturated rings. The number of rotatable bonds is 8. The van der Waals surface area contributed by atoms with E-state index in [1.54, 1.807) is 0 Å². The molecule has 0 unspecified atom stereocenters. The maximum Gasteiger partial charge on any atom is 0.234 e. The third-order valence-electron chi connectivity index (χ3n) is 3.34. The summed E-state index contributed by atoms with van der Waals surface area (Å²) in [6.07, 6.45) is 2.99. The Kier molecular flexibility index (Phi) is 5.75. The van der Waals surface area contributed by atoms with Gasteiger partial charge < -0.3 is 16.0 Å². The normalized spacial score (nSPS) is 13.8. The van der Waals surface area contributed by atoms with Crippen LogP contribution in [0.15, 0.2) is 24.3 Å². The molecule has 2 rings (SSSR count). The Labute approximate surface area is 125 Å². The highest BCUT2D eigenvalue weighted by atomic mass is 16.2. The lowest BCUT2D eigenvalue weighted by atomic mass is 10.2. The number of nitrogens with one attached hydrogen (secondary N) is 3. The van der Waals surface area contributed by atoms with E-state index in [1.165, 1.54) is 0 Å². The molecule has 2 amide bonds. The minimum Gasteiger partial charge on any atom is -0.351 e. The molecule has 1 aliphatic carbocycles. The molecule has 1 aromatic carbocycles. The molecule has 0 spiro atoms. The van der Waals surface area contributed by atoms with Crippen LogP contribution in [0.5, 0.6) is 0 Å². The van der Waals surface area contributed by atoms with Crippen LogP contribution in [0, 0.1) is 5.92 Å². The molecule has 1 saturated carbocycles. The lowest BCUT2D eigenvalue weighted by Gasteiger charge is -2.09. The highest BCUT2D eigenvalue weighted by Crippen LogP contribution is 2.30. The zero-order chi connectivity index (χ0) is 15.1. The van der Waals surface area contributed by atoms with Crippen LogP contribution in [0.2, 0.25) is 0 Å². The number of hydrogen-bond donors (Lipinski definition) is 3. The van der Waals surface area contributed by atoms with Crippen LogP contribution in [0.1, 0.15) is 31.7 Å². The SMILES string of the molecule is CCCNCC(=O)NCc1cccc(NC(=O)C2CC2)c1. The van der Waals surface area contributed by atoms with Crippen LogP contribution in [-0.4, -0.2) is 24.9 Å². The van der Waals surface area contributed by atoms with E-state index in [-0.39, 0.29) is 17.7 Å². The Hall–Kier alpha value is -1.88. The molecule has 3 N–H and O–H groups in total. The number of carbonyl (C=O) groups is 2. The third-order valence-corrected chi connectivity index (χ3v) is 3.34. The topological polar surface area (TPSA) is 70.2 Å². The van der Waals surface area contributed by atoms with Gasteiger partial charge in [0.25, 0.3) is 0 Å². The molecule has 21 heavy (non-hydrogen) atoms. The van der Waals surface area contributed by atoms with E-state index in [2.05, 4.69) is 22.9 Å². The van der Waals surface area contributed by atoms with Crippen molar-refractivity contribution in [3.8, 4) is 0 Å². The Morgan fingerprint density at radius 3 is 2.81 bits per heavy atom. The van der Waals surface area contributed by atoms with Crippen molar-refractivity contribution in [3.63, 3.8) is 0 Å². The molecule has 0 saturated heterocycles. The quantitative estimate of drug-likeness (QED) is 0.637. The van der Waals surface area contributed by atoms with Crippen LogP contribution in [0.3, 0.4) is 0 Å². The molecule has 5 heteroatoms. The predicted molar refractivity (Wildman–Crippen MR) is 82.8 cm³/mol. The maximum absolute atomic E-state index is 11.7. The fourth-order valence-corrected chi connectivity index (χ4v) is 1.99. The second-order valence-electron chi connectivity index (χ2n) is 5.42. The maximum atomic E-state index is 11.7. The lowest BCUT2D eigenvalue weighted by Crippen LogP contribution is -2.33. The van der Waals surface area contributed by atoms with Crippen LogP contribution in [0.4, 0.5) is 5.69 Å². The van der Waals surface area contributed by atoms with E-state index in [1.807, 2.05) is 24.3 Å². The zero-order valence-corrected chi connectivity index (χ0v) is 12.4. The molecule has 0 atom stereocenters. The standard InChI is InChI=1S/C16H23N3O2/c1-2-8-17-11-15(20)18-10-12-4-3-5-14(9-12)19-16(21)13-6-7-13/h3-5,9,13,17H,2,6-8,10-11H2,1H3,(H,18,20)(H,19,21). The highest BCUT2D eigenvalue weighted by molar-refractivity contribution is 5.94. The molecular formula is C16H23N3O2. The zero-order valence-electron chi connectivity index (χ0n) is 12.4. The Bertz CT molecular complexity index is 498. The summed E-state index contributed by atoms with van der Waals surface area (Å²) in [5.41, 5.74) is 1.77. The summed E-state index contributed by atoms with van der Waals surface area (Å²) in [5.74, 6) is 0.272. The van der Waals surface area contributed by atoms with Crippen molar-refractivity contribution >= 4 is 17.5 Å². The van der Waals surface area contributed by atoms with Crippen molar-refractivity contribution in [2.75, 3.05) is 18.4 Å². The smallest absolute Gasteiger partial charge is 0.234 e. The molecule has 114 valence electrons. The first-order valence-corrected chi connectivity index (χ1v) is 7.56. The van der Waals surface area contributed by atoms with Crippen molar-refractivity contribution in [1.29, 1.82) is 0 Å². The molecule has 0 bridgehead atoms. The molecular weight excluding hydrogens is 266 g/mol. The van der Waals surface area contributed by atoms with Crippen molar-refractivity contribution in [3.05, 3.63) is 29.8 Å². The van der Waals surface area contributed by atoms with Crippen molar-refractivity contribution < 1.29 is 9.59 Å². The van der Waals surface area contributed by atoms with Crippen molar-refractivity contribution in [1.82, 2.24) is 10.6 Å². The van der Waals surface area contributed by atoms with E-state index < -0.39 is 0 Å². The Morgan fingerprint density at radius 1 is 1.29 bits per heavy atom. The minimum absolute atomic E-state index is 0.0177. The first kappa shape index (κ1) is 15.5. The number of benzene rings is 1. The number of hydrogen-bond acceptors (Lipinski definition) is 3. The summed E-state index contributed by atoms with van der Waals surface area (Å²) in [4.78, 5) is 23.3. The number of amides is 2. The van der Waals surface area contributed by atoms with Gasteiger partial charge in [0, 0.05) is 18.2 Å². The van der Waals surface area contributed by atoms with Gasteiger partial charge in [-0.25, -0.2) is 0 Å². The van der Waals surface area contributed by atoms with E-state index in [4.69, 9.17) is 0 Å².